The Morgan fingerprint density at radius 3 is 2.53 bits per heavy atom. The number of hydrogen-bond donors (Lipinski definition) is 4. The third-order valence-electron chi connectivity index (χ3n) is 11.5. The molecule has 3 amide bonds. The average Bonchev–Trinajstić information content (AvgIpc) is 3.85. The Balaban J connectivity index is 0.845. The number of nitrogens with one attached hydrogen (secondary N) is 4. The van der Waals surface area contributed by atoms with Gasteiger partial charge in [0.25, 0.3) is 5.91 Å². The zero-order valence-corrected chi connectivity index (χ0v) is 32.9. The molecule has 9 rings (SSSR count). The molecule has 310 valence electrons. The fourth-order valence-electron chi connectivity index (χ4n) is 8.36. The van der Waals surface area contributed by atoms with E-state index in [9.17, 15) is 23.2 Å². The molecule has 4 N–H and O–H groups in total. The molecule has 3 saturated heterocycles. The number of ether oxygens (including phenoxy) is 2. The number of aromatic amines is 1. The van der Waals surface area contributed by atoms with Crippen molar-refractivity contribution < 1.29 is 32.6 Å². The largest absolute Gasteiger partial charge is 0.490 e. The van der Waals surface area contributed by atoms with Gasteiger partial charge in [0.05, 0.1) is 22.9 Å². The lowest BCUT2D eigenvalue weighted by Gasteiger charge is -2.36. The van der Waals surface area contributed by atoms with Crippen LogP contribution in [0.5, 0.6) is 5.75 Å². The molecule has 3 aliphatic rings. The Bertz CT molecular complexity index is 2540. The Kier molecular flexibility index (Phi) is 11.1. The van der Waals surface area contributed by atoms with Gasteiger partial charge in [-0.05, 0) is 91.4 Å². The topological polar surface area (TPSA) is 159 Å². The summed E-state index contributed by atoms with van der Waals surface area (Å²) >= 11 is 0. The third-order valence-corrected chi connectivity index (χ3v) is 11.5. The van der Waals surface area contributed by atoms with Gasteiger partial charge in [0.2, 0.25) is 11.8 Å². The Morgan fingerprint density at radius 1 is 0.917 bits per heavy atom. The van der Waals surface area contributed by atoms with Crippen LogP contribution in [-0.4, -0.2) is 101 Å². The first-order chi connectivity index (χ1) is 29.2. The fourth-order valence-corrected chi connectivity index (χ4v) is 8.36. The van der Waals surface area contributed by atoms with E-state index < -0.39 is 17.7 Å². The lowest BCUT2D eigenvalue weighted by Crippen LogP contribution is -2.47. The number of rotatable bonds is 12. The summed E-state index contributed by atoms with van der Waals surface area (Å²) in [7, 11) is 0. The number of imidazole rings is 1. The van der Waals surface area contributed by atoms with Crippen LogP contribution in [0.25, 0.3) is 21.9 Å². The van der Waals surface area contributed by atoms with Crippen molar-refractivity contribution in [1.29, 1.82) is 0 Å². The molecule has 14 nitrogen and oxygen atoms in total. The third kappa shape index (κ3) is 8.51. The van der Waals surface area contributed by atoms with E-state index in [1.54, 1.807) is 6.33 Å². The summed E-state index contributed by atoms with van der Waals surface area (Å²) in [5.74, 6) is -1.14. The summed E-state index contributed by atoms with van der Waals surface area (Å²) in [6.07, 6.45) is 4.32. The normalized spacial score (nSPS) is 17.9. The number of benzene rings is 4. The number of piperidine rings is 1. The van der Waals surface area contributed by atoms with E-state index in [0.717, 1.165) is 79.6 Å². The van der Waals surface area contributed by atoms with E-state index in [4.69, 9.17) is 9.47 Å². The number of H-pyrrole nitrogens is 1. The monoisotopic (exact) mass is 817 g/mol. The second kappa shape index (κ2) is 17.1. The number of anilines is 3. The highest BCUT2D eigenvalue weighted by molar-refractivity contribution is 6.11. The minimum Gasteiger partial charge on any atom is -0.490 e. The molecule has 60 heavy (non-hydrogen) atoms. The zero-order valence-electron chi connectivity index (χ0n) is 32.9. The van der Waals surface area contributed by atoms with E-state index in [0.29, 0.717) is 66.3 Å². The zero-order chi connectivity index (χ0) is 41.2. The number of carbonyl (C=O) groups is 3. The maximum absolute atomic E-state index is 14.0. The van der Waals surface area contributed by atoms with E-state index >= 15 is 0 Å². The van der Waals surface area contributed by atoms with Crippen LogP contribution in [0, 0.1) is 11.6 Å². The first-order valence-electron chi connectivity index (χ1n) is 20.3. The summed E-state index contributed by atoms with van der Waals surface area (Å²) < 4.78 is 41.4. The van der Waals surface area contributed by atoms with Crippen LogP contribution in [0.4, 0.5) is 26.0 Å². The molecule has 0 radical (unpaired) electrons. The lowest BCUT2D eigenvalue weighted by molar-refractivity contribution is -0.135. The number of aromatic nitrogens is 4. The maximum atomic E-state index is 14.0. The molecule has 2 aromatic heterocycles. The fraction of sp³-hybridized carbons (Fsp3) is 0.341. The van der Waals surface area contributed by atoms with Gasteiger partial charge in [-0.25, -0.2) is 13.8 Å². The highest BCUT2D eigenvalue weighted by atomic mass is 19.1. The van der Waals surface area contributed by atoms with E-state index in [1.165, 1.54) is 12.1 Å². The molecule has 6 aromatic rings. The van der Waals surface area contributed by atoms with Crippen LogP contribution in [-0.2, 0) is 20.7 Å². The van der Waals surface area contributed by atoms with Crippen LogP contribution >= 0.6 is 0 Å². The molecule has 3 aliphatic heterocycles. The first-order valence-corrected chi connectivity index (χ1v) is 20.3. The van der Waals surface area contributed by atoms with Gasteiger partial charge in [-0.15, -0.1) is 0 Å². The quantitative estimate of drug-likeness (QED) is 0.111. The second-order valence-electron chi connectivity index (χ2n) is 15.5. The predicted octanol–water partition coefficient (Wildman–Crippen LogP) is 5.80. The van der Waals surface area contributed by atoms with Gasteiger partial charge < -0.3 is 29.6 Å². The molecule has 0 spiro atoms. The second-order valence-corrected chi connectivity index (χ2v) is 15.5. The molecule has 1 unspecified atom stereocenters. The minimum absolute atomic E-state index is 0.149. The van der Waals surface area contributed by atoms with Crippen molar-refractivity contribution in [1.82, 2.24) is 30.0 Å². The molecule has 0 bridgehead atoms. The van der Waals surface area contributed by atoms with Gasteiger partial charge in [-0.3, -0.25) is 29.7 Å². The van der Waals surface area contributed by atoms with Crippen LogP contribution in [0.1, 0.15) is 53.2 Å². The average molecular weight is 818 g/mol. The van der Waals surface area contributed by atoms with Crippen LogP contribution in [0.3, 0.4) is 0 Å². The van der Waals surface area contributed by atoms with Crippen molar-refractivity contribution in [2.24, 2.45) is 0 Å². The smallest absolute Gasteiger partial charge is 0.258 e. The molecule has 4 aromatic carbocycles. The van der Waals surface area contributed by atoms with Crippen molar-refractivity contribution in [3.05, 3.63) is 107 Å². The van der Waals surface area contributed by atoms with Gasteiger partial charge in [0.1, 0.15) is 35.5 Å². The number of amides is 3. The van der Waals surface area contributed by atoms with Gasteiger partial charge >= 0.3 is 0 Å². The van der Waals surface area contributed by atoms with Crippen molar-refractivity contribution in [3.8, 4) is 5.75 Å². The molecule has 5 heterocycles. The Labute approximate surface area is 344 Å². The minimum atomic E-state index is -0.630. The number of halogens is 2. The summed E-state index contributed by atoms with van der Waals surface area (Å²) in [6, 6.07) is 20.3. The van der Waals surface area contributed by atoms with Crippen molar-refractivity contribution in [3.63, 3.8) is 0 Å². The van der Waals surface area contributed by atoms with E-state index in [2.05, 4.69) is 47.0 Å². The number of imide groups is 1. The van der Waals surface area contributed by atoms with E-state index in [1.807, 2.05) is 53.1 Å². The summed E-state index contributed by atoms with van der Waals surface area (Å²) in [5.41, 5.74) is 5.73. The summed E-state index contributed by atoms with van der Waals surface area (Å²) in [5, 5.41) is 17.1. The summed E-state index contributed by atoms with van der Waals surface area (Å²) in [4.78, 5) is 47.4. The van der Waals surface area contributed by atoms with Crippen molar-refractivity contribution in [2.75, 3.05) is 68.1 Å². The van der Waals surface area contributed by atoms with Crippen LogP contribution in [0.2, 0.25) is 0 Å². The van der Waals surface area contributed by atoms with Crippen molar-refractivity contribution in [2.45, 2.75) is 44.2 Å². The van der Waals surface area contributed by atoms with E-state index in [-0.39, 0.29) is 30.2 Å². The maximum Gasteiger partial charge on any atom is 0.258 e. The van der Waals surface area contributed by atoms with Gasteiger partial charge in [0, 0.05) is 81.2 Å². The highest BCUT2D eigenvalue weighted by Crippen LogP contribution is 2.31. The van der Waals surface area contributed by atoms with Gasteiger partial charge in [-0.2, -0.15) is 5.10 Å². The molecule has 3 fully saturated rings. The molecule has 16 heteroatoms. The highest BCUT2D eigenvalue weighted by Gasteiger charge is 2.29. The number of hydrogen-bond acceptors (Lipinski definition) is 10. The van der Waals surface area contributed by atoms with Crippen LogP contribution in [0.15, 0.2) is 79.1 Å². The molecule has 0 saturated carbocycles. The SMILES string of the molecule is O=C1CCC(n2cnc3c(OCCN4CCN(c5ccc(C(=O)Nc6n[nH]c7ccc(Cc8cc(F)cc(F)c8)cc67)c(NC6CCOCC6)c5)CC4)cccc32)C(=O)N1. The molecular formula is C44H45F2N9O5. The summed E-state index contributed by atoms with van der Waals surface area (Å²) in [6.45, 7) is 5.71. The van der Waals surface area contributed by atoms with Crippen LogP contribution < -0.4 is 25.6 Å². The first kappa shape index (κ1) is 39.1. The molecular weight excluding hydrogens is 773 g/mol. The predicted molar refractivity (Wildman–Crippen MR) is 222 cm³/mol. The molecule has 1 atom stereocenters. The van der Waals surface area contributed by atoms with Crippen molar-refractivity contribution >= 4 is 56.9 Å². The number of piperazine rings is 1. The van der Waals surface area contributed by atoms with Gasteiger partial charge in [-0.1, -0.05) is 12.1 Å². The number of fused-ring (bicyclic) bond motifs is 2. The lowest BCUT2D eigenvalue weighted by atomic mass is 10.0. The Hall–Kier alpha value is -6.39. The Morgan fingerprint density at radius 2 is 1.73 bits per heavy atom. The number of para-hydroxylation sites is 1. The van der Waals surface area contributed by atoms with Gasteiger partial charge in [0.15, 0.2) is 5.82 Å². The standard InChI is InChI=1S/C44H45F2N9O5/c45-29-21-28(22-30(46)24-29)20-27-4-7-35-34(23-27)42(52-51-35)50-43(57)33-6-5-32(25-36(33)48-31-10-17-59-18-11-31)54-14-12-53(13-15-54)16-19-60-39-3-1-2-37-41(39)47-26-55(37)38-8-9-40(56)49-44(38)58/h1-7,21-26,31,38,48H,8-20H2,(H,49,56,58)(H2,50,51,52,57). The molecule has 0 aliphatic carbocycles. The number of nitrogens with zero attached hydrogens (tertiary/aromatic N) is 5. The number of carbonyl (C=O) groups excluding carboxylic acids is 3.